The Labute approximate surface area is 151 Å². The van der Waals surface area contributed by atoms with Gasteiger partial charge in [0.1, 0.15) is 5.82 Å². The third kappa shape index (κ3) is 3.58. The van der Waals surface area contributed by atoms with Crippen LogP contribution in [0.4, 0.5) is 5.82 Å². The molecule has 24 heavy (non-hydrogen) atoms. The Morgan fingerprint density at radius 1 is 0.917 bits per heavy atom. The van der Waals surface area contributed by atoms with Crippen molar-refractivity contribution in [3.63, 3.8) is 0 Å². The molecule has 0 spiro atoms. The lowest BCUT2D eigenvalue weighted by molar-refractivity contribution is 0.273. The topological polar surface area (TPSA) is 19.4 Å². The van der Waals surface area contributed by atoms with Gasteiger partial charge < -0.3 is 4.90 Å². The van der Waals surface area contributed by atoms with Gasteiger partial charge in [-0.25, -0.2) is 0 Å². The molecule has 1 saturated heterocycles. The number of thioether (sulfide) groups is 1. The average Bonchev–Trinajstić information content (AvgIpc) is 3.07. The van der Waals surface area contributed by atoms with Crippen molar-refractivity contribution in [1.29, 1.82) is 0 Å². The van der Waals surface area contributed by atoms with Crippen molar-refractivity contribution >= 4 is 39.2 Å². The summed E-state index contributed by atoms with van der Waals surface area (Å²) in [6, 6.07) is 19.2. The van der Waals surface area contributed by atoms with Crippen molar-refractivity contribution in [2.45, 2.75) is 4.90 Å². The number of fused-ring (bicyclic) bond motifs is 1. The molecule has 0 N–H and O–H groups in total. The first-order valence-electron chi connectivity index (χ1n) is 8.40. The lowest BCUT2D eigenvalue weighted by atomic mass is 10.2. The molecule has 0 aliphatic carbocycles. The van der Waals surface area contributed by atoms with Crippen LogP contribution in [0.5, 0.6) is 0 Å². The summed E-state index contributed by atoms with van der Waals surface area (Å²) in [5.41, 5.74) is 0. The molecule has 1 aromatic heterocycles. The summed E-state index contributed by atoms with van der Waals surface area (Å²) in [5, 5.41) is 1.30. The molecule has 1 aliphatic heterocycles. The Balaban J connectivity index is 1.29. The molecule has 0 atom stereocenters. The smallest absolute Gasteiger partial charge is 0.150 e. The van der Waals surface area contributed by atoms with E-state index in [1.165, 1.54) is 20.8 Å². The van der Waals surface area contributed by atoms with Gasteiger partial charge in [0, 0.05) is 48.8 Å². The minimum Gasteiger partial charge on any atom is -0.353 e. The third-order valence-electron chi connectivity index (χ3n) is 4.45. The van der Waals surface area contributed by atoms with Crippen LogP contribution in [0.25, 0.3) is 10.1 Å². The highest BCUT2D eigenvalue weighted by atomic mass is 32.2. The number of hydrogen-bond acceptors (Lipinski definition) is 5. The summed E-state index contributed by atoms with van der Waals surface area (Å²) < 4.78 is 5.98. The van der Waals surface area contributed by atoms with E-state index in [2.05, 4.69) is 64.4 Å². The first kappa shape index (κ1) is 15.9. The molecule has 1 aliphatic rings. The van der Waals surface area contributed by atoms with Crippen LogP contribution in [-0.2, 0) is 0 Å². The Kier molecular flexibility index (Phi) is 5.02. The Morgan fingerprint density at radius 2 is 1.67 bits per heavy atom. The molecule has 4 rings (SSSR count). The van der Waals surface area contributed by atoms with Gasteiger partial charge in [0.15, 0.2) is 0 Å². The number of hydrogen-bond donors (Lipinski definition) is 0. The molecular weight excluding hydrogens is 334 g/mol. The predicted octanol–water partition coefficient (Wildman–Crippen LogP) is 4.21. The second kappa shape index (κ2) is 7.55. The Bertz CT molecular complexity index is 779. The number of benzene rings is 2. The molecule has 124 valence electrons. The predicted molar refractivity (Wildman–Crippen MR) is 105 cm³/mol. The van der Waals surface area contributed by atoms with Gasteiger partial charge in [0.05, 0.1) is 4.70 Å². The van der Waals surface area contributed by atoms with E-state index in [0.717, 1.165) is 38.5 Å². The van der Waals surface area contributed by atoms with Crippen molar-refractivity contribution < 1.29 is 0 Å². The number of nitrogens with zero attached hydrogens (tertiary/aromatic N) is 3. The van der Waals surface area contributed by atoms with Crippen molar-refractivity contribution in [3.8, 4) is 0 Å². The summed E-state index contributed by atoms with van der Waals surface area (Å²) in [4.78, 5) is 6.38. The van der Waals surface area contributed by atoms with E-state index in [9.17, 15) is 0 Å². The number of aromatic nitrogens is 1. The molecule has 3 nitrogen and oxygen atoms in total. The molecule has 0 saturated carbocycles. The maximum atomic E-state index is 4.69. The van der Waals surface area contributed by atoms with Crippen LogP contribution >= 0.6 is 23.3 Å². The Morgan fingerprint density at radius 3 is 2.50 bits per heavy atom. The van der Waals surface area contributed by atoms with Crippen LogP contribution in [-0.4, -0.2) is 47.8 Å². The SMILES string of the molecule is c1ccc(SCCN2CCN(c3nsc4ccccc34)CC2)cc1. The van der Waals surface area contributed by atoms with Crippen LogP contribution in [0.2, 0.25) is 0 Å². The van der Waals surface area contributed by atoms with Crippen LogP contribution in [0.15, 0.2) is 59.5 Å². The fourth-order valence-electron chi connectivity index (χ4n) is 3.09. The van der Waals surface area contributed by atoms with Gasteiger partial charge >= 0.3 is 0 Å². The normalized spacial score (nSPS) is 15.9. The van der Waals surface area contributed by atoms with Gasteiger partial charge in [-0.2, -0.15) is 4.37 Å². The van der Waals surface area contributed by atoms with Crippen LogP contribution in [0.3, 0.4) is 0 Å². The van der Waals surface area contributed by atoms with Crippen molar-refractivity contribution in [2.75, 3.05) is 43.4 Å². The fourth-order valence-corrected chi connectivity index (χ4v) is 4.82. The fraction of sp³-hybridized carbons (Fsp3) is 0.316. The largest absolute Gasteiger partial charge is 0.353 e. The van der Waals surface area contributed by atoms with Gasteiger partial charge in [-0.1, -0.05) is 30.3 Å². The minimum absolute atomic E-state index is 1.07. The molecule has 0 bridgehead atoms. The van der Waals surface area contributed by atoms with Gasteiger partial charge in [-0.15, -0.1) is 11.8 Å². The highest BCUT2D eigenvalue weighted by Crippen LogP contribution is 2.29. The molecule has 2 heterocycles. The Hall–Kier alpha value is -1.56. The zero-order chi connectivity index (χ0) is 16.2. The van der Waals surface area contributed by atoms with E-state index in [-0.39, 0.29) is 0 Å². The van der Waals surface area contributed by atoms with Crippen LogP contribution in [0.1, 0.15) is 0 Å². The van der Waals surface area contributed by atoms with E-state index in [0.29, 0.717) is 0 Å². The quantitative estimate of drug-likeness (QED) is 0.638. The average molecular weight is 356 g/mol. The number of anilines is 1. The van der Waals surface area contributed by atoms with Gasteiger partial charge in [0.25, 0.3) is 0 Å². The summed E-state index contributed by atoms with van der Waals surface area (Å²) in [6.45, 7) is 5.56. The zero-order valence-electron chi connectivity index (χ0n) is 13.6. The second-order valence-corrected chi connectivity index (χ2v) is 7.97. The number of piperazine rings is 1. The van der Waals surface area contributed by atoms with Crippen molar-refractivity contribution in [2.24, 2.45) is 0 Å². The molecule has 5 heteroatoms. The summed E-state index contributed by atoms with van der Waals surface area (Å²) in [7, 11) is 0. The summed E-state index contributed by atoms with van der Waals surface area (Å²) in [6.07, 6.45) is 0. The molecule has 0 amide bonds. The number of rotatable bonds is 5. The monoisotopic (exact) mass is 355 g/mol. The first-order valence-corrected chi connectivity index (χ1v) is 10.2. The van der Waals surface area contributed by atoms with Crippen LogP contribution in [0, 0.1) is 0 Å². The second-order valence-electron chi connectivity index (χ2n) is 5.99. The van der Waals surface area contributed by atoms with Crippen molar-refractivity contribution in [3.05, 3.63) is 54.6 Å². The molecule has 1 fully saturated rings. The zero-order valence-corrected chi connectivity index (χ0v) is 15.2. The van der Waals surface area contributed by atoms with E-state index < -0.39 is 0 Å². The minimum atomic E-state index is 1.07. The standard InChI is InChI=1S/C19H21N3S2/c1-2-6-16(7-3-1)23-15-14-21-10-12-22(13-11-21)19-17-8-4-5-9-18(17)24-20-19/h1-9H,10-15H2. The summed E-state index contributed by atoms with van der Waals surface area (Å²) in [5.74, 6) is 2.33. The van der Waals surface area contributed by atoms with E-state index in [4.69, 9.17) is 4.37 Å². The van der Waals surface area contributed by atoms with Gasteiger partial charge in [-0.3, -0.25) is 4.90 Å². The molecule has 2 aromatic carbocycles. The first-order chi connectivity index (χ1) is 11.9. The van der Waals surface area contributed by atoms with Crippen LogP contribution < -0.4 is 4.90 Å². The summed E-state index contributed by atoms with van der Waals surface area (Å²) >= 11 is 3.56. The van der Waals surface area contributed by atoms with Gasteiger partial charge in [0.2, 0.25) is 0 Å². The molecule has 0 radical (unpaired) electrons. The molecular formula is C19H21N3S2. The molecule has 0 unspecified atom stereocenters. The van der Waals surface area contributed by atoms with E-state index in [1.807, 2.05) is 11.8 Å². The third-order valence-corrected chi connectivity index (χ3v) is 6.26. The lowest BCUT2D eigenvalue weighted by Crippen LogP contribution is -2.47. The van der Waals surface area contributed by atoms with E-state index >= 15 is 0 Å². The lowest BCUT2D eigenvalue weighted by Gasteiger charge is -2.35. The molecule has 3 aromatic rings. The highest BCUT2D eigenvalue weighted by molar-refractivity contribution is 7.99. The van der Waals surface area contributed by atoms with E-state index in [1.54, 1.807) is 11.5 Å². The maximum Gasteiger partial charge on any atom is 0.150 e. The van der Waals surface area contributed by atoms with Crippen molar-refractivity contribution in [1.82, 2.24) is 9.27 Å². The highest BCUT2D eigenvalue weighted by Gasteiger charge is 2.20. The maximum absolute atomic E-state index is 4.69. The van der Waals surface area contributed by atoms with Gasteiger partial charge in [-0.05, 0) is 35.8 Å².